The Morgan fingerprint density at radius 2 is 1.95 bits per heavy atom. The van der Waals surface area contributed by atoms with E-state index in [1.54, 1.807) is 35.0 Å². The first kappa shape index (κ1) is 27.2. The normalized spacial score (nSPS) is 15.7. The van der Waals surface area contributed by atoms with Crippen molar-refractivity contribution in [3.8, 4) is 0 Å². The van der Waals surface area contributed by atoms with E-state index in [1.807, 2.05) is 36.9 Å². The minimum atomic E-state index is -3.68. The zero-order valence-electron chi connectivity index (χ0n) is 21.1. The maximum absolute atomic E-state index is 13.4. The minimum Gasteiger partial charge on any atom is -0.376 e. The summed E-state index contributed by atoms with van der Waals surface area (Å²) in [6.45, 7) is 6.21. The van der Waals surface area contributed by atoms with E-state index in [1.165, 1.54) is 12.1 Å². The van der Waals surface area contributed by atoms with Gasteiger partial charge >= 0.3 is 0 Å². The molecule has 0 saturated carbocycles. The summed E-state index contributed by atoms with van der Waals surface area (Å²) in [6, 6.07) is 15.1. The van der Waals surface area contributed by atoms with Gasteiger partial charge in [0, 0.05) is 25.4 Å². The van der Waals surface area contributed by atoms with Crippen LogP contribution in [-0.2, 0) is 33.4 Å². The highest BCUT2D eigenvalue weighted by molar-refractivity contribution is 7.90. The third-order valence-corrected chi connectivity index (χ3v) is 8.07. The van der Waals surface area contributed by atoms with Gasteiger partial charge in [-0.3, -0.25) is 0 Å². The number of rotatable bonds is 10. The van der Waals surface area contributed by atoms with Crippen LogP contribution in [0.4, 0.5) is 10.1 Å². The van der Waals surface area contributed by atoms with Crippen molar-refractivity contribution >= 4 is 32.9 Å². The van der Waals surface area contributed by atoms with Crippen LogP contribution in [0.15, 0.2) is 66.0 Å². The molecule has 0 radical (unpaired) electrons. The molecule has 37 heavy (non-hydrogen) atoms. The zero-order valence-corrected chi connectivity index (χ0v) is 22.8. The molecule has 0 aliphatic carbocycles. The summed E-state index contributed by atoms with van der Waals surface area (Å²) in [7, 11) is -3.68. The number of halogens is 1. The van der Waals surface area contributed by atoms with Gasteiger partial charge in [-0.25, -0.2) is 17.8 Å². The molecule has 4 rings (SSSR count). The van der Waals surface area contributed by atoms with Crippen LogP contribution in [0, 0.1) is 11.7 Å². The molecule has 0 spiro atoms. The number of nitrogens with one attached hydrogen (secondary N) is 1. The number of hydrogen-bond donors (Lipinski definition) is 1. The molecule has 0 amide bonds. The molecular weight excluding hydrogens is 511 g/mol. The fourth-order valence-electron chi connectivity index (χ4n) is 4.37. The van der Waals surface area contributed by atoms with Crippen molar-refractivity contribution in [2.75, 3.05) is 18.5 Å². The number of anilines is 1. The predicted molar refractivity (Wildman–Crippen MR) is 146 cm³/mol. The average Bonchev–Trinajstić information content (AvgIpc) is 3.51. The molecule has 2 heterocycles. The number of thiocarbonyl (C=S) groups is 1. The van der Waals surface area contributed by atoms with Crippen LogP contribution >= 0.6 is 12.2 Å². The second-order valence-corrected chi connectivity index (χ2v) is 12.0. The maximum Gasteiger partial charge on any atom is 0.228 e. The van der Waals surface area contributed by atoms with Crippen LogP contribution in [-0.4, -0.2) is 47.2 Å². The zero-order chi connectivity index (χ0) is 26.4. The van der Waals surface area contributed by atoms with Crippen molar-refractivity contribution in [1.29, 1.82) is 0 Å². The summed E-state index contributed by atoms with van der Waals surface area (Å²) < 4.78 is 47.8. The molecule has 1 aliphatic rings. The molecule has 198 valence electrons. The van der Waals surface area contributed by atoms with E-state index in [9.17, 15) is 12.8 Å². The van der Waals surface area contributed by atoms with Crippen LogP contribution in [0.3, 0.4) is 0 Å². The number of sulfone groups is 1. The Morgan fingerprint density at radius 1 is 1.22 bits per heavy atom. The Bertz CT molecular complexity index is 1290. The van der Waals surface area contributed by atoms with E-state index in [2.05, 4.69) is 10.3 Å². The summed E-state index contributed by atoms with van der Waals surface area (Å²) >= 11 is 5.74. The topological polar surface area (TPSA) is 76.5 Å². The van der Waals surface area contributed by atoms with Gasteiger partial charge in [-0.1, -0.05) is 44.2 Å². The fraction of sp³-hybridized carbons (Fsp3) is 0.407. The first-order valence-corrected chi connectivity index (χ1v) is 14.5. The van der Waals surface area contributed by atoms with Gasteiger partial charge in [0.1, 0.15) is 5.82 Å². The van der Waals surface area contributed by atoms with Crippen molar-refractivity contribution in [1.82, 2.24) is 14.5 Å². The largest absolute Gasteiger partial charge is 0.376 e. The quantitative estimate of drug-likeness (QED) is 0.359. The van der Waals surface area contributed by atoms with Gasteiger partial charge in [0.25, 0.3) is 0 Å². The highest BCUT2D eigenvalue weighted by Crippen LogP contribution is 2.22. The first-order valence-electron chi connectivity index (χ1n) is 12.5. The maximum atomic E-state index is 13.4. The Balaban J connectivity index is 1.61. The highest BCUT2D eigenvalue weighted by atomic mass is 32.2. The summed E-state index contributed by atoms with van der Waals surface area (Å²) in [4.78, 5) is 6.36. The molecule has 0 bridgehead atoms. The van der Waals surface area contributed by atoms with E-state index < -0.39 is 9.84 Å². The van der Waals surface area contributed by atoms with E-state index in [0.29, 0.717) is 42.6 Å². The summed E-state index contributed by atoms with van der Waals surface area (Å²) in [5.41, 5.74) is 2.14. The van der Waals surface area contributed by atoms with Gasteiger partial charge in [0.05, 0.1) is 30.3 Å². The smallest absolute Gasteiger partial charge is 0.228 e. The number of ether oxygens (including phenoxy) is 1. The summed E-state index contributed by atoms with van der Waals surface area (Å²) in [5.74, 6) is -0.240. The van der Waals surface area contributed by atoms with Crippen LogP contribution < -0.4 is 5.32 Å². The second kappa shape index (κ2) is 12.1. The molecule has 1 N–H and O–H groups in total. The van der Waals surface area contributed by atoms with E-state index in [-0.39, 0.29) is 28.7 Å². The molecule has 7 nitrogen and oxygen atoms in total. The van der Waals surface area contributed by atoms with Gasteiger partial charge in [-0.2, -0.15) is 0 Å². The number of aromatic nitrogens is 2. The first-order chi connectivity index (χ1) is 17.7. The Labute approximate surface area is 223 Å². The van der Waals surface area contributed by atoms with E-state index >= 15 is 0 Å². The van der Waals surface area contributed by atoms with Crippen LogP contribution in [0.25, 0.3) is 0 Å². The molecule has 1 aliphatic heterocycles. The monoisotopic (exact) mass is 544 g/mol. The van der Waals surface area contributed by atoms with E-state index in [4.69, 9.17) is 17.0 Å². The van der Waals surface area contributed by atoms with Crippen molar-refractivity contribution in [2.24, 2.45) is 5.92 Å². The van der Waals surface area contributed by atoms with Gasteiger partial charge in [0.2, 0.25) is 15.0 Å². The van der Waals surface area contributed by atoms with Crippen molar-refractivity contribution in [3.63, 3.8) is 0 Å². The van der Waals surface area contributed by atoms with Crippen molar-refractivity contribution in [3.05, 3.63) is 77.9 Å². The standard InChI is InChI=1S/C27H33FN4O3S2/c1-20(2)16-32-24(15-29-27(32)37(33,34)19-21-7-4-3-5-8-21)17-31(18-25-9-6-14-35-25)26(36)30-23-12-10-22(28)11-13-23/h3-5,7-8,10-13,15,20,25H,6,9,14,16-19H2,1-2H3,(H,30,36)/t25-/m1/s1. The SMILES string of the molecule is CC(C)Cn1c(CN(C[C@H]2CCCO2)C(=S)Nc2ccc(F)cc2)cnc1S(=O)(=O)Cc1ccccc1. The number of nitrogens with zero attached hydrogens (tertiary/aromatic N) is 3. The Morgan fingerprint density at radius 3 is 2.59 bits per heavy atom. The lowest BCUT2D eigenvalue weighted by atomic mass is 10.2. The van der Waals surface area contributed by atoms with Crippen LogP contribution in [0.1, 0.15) is 37.9 Å². The molecule has 1 aromatic heterocycles. The van der Waals surface area contributed by atoms with Gasteiger partial charge in [-0.15, -0.1) is 0 Å². The Hall–Kier alpha value is -2.82. The Kier molecular flexibility index (Phi) is 8.94. The van der Waals surface area contributed by atoms with Crippen LogP contribution in [0.2, 0.25) is 0 Å². The molecule has 1 fully saturated rings. The lowest BCUT2D eigenvalue weighted by Gasteiger charge is -2.29. The van der Waals surface area contributed by atoms with Gasteiger partial charge in [-0.05, 0) is 60.8 Å². The van der Waals surface area contributed by atoms with Gasteiger partial charge in [0.15, 0.2) is 5.11 Å². The summed E-state index contributed by atoms with van der Waals surface area (Å²) in [6.07, 6.45) is 3.57. The second-order valence-electron chi connectivity index (χ2n) is 9.73. The molecule has 1 atom stereocenters. The number of imidazole rings is 1. The average molecular weight is 545 g/mol. The lowest BCUT2D eigenvalue weighted by Crippen LogP contribution is -2.40. The molecule has 3 aromatic rings. The van der Waals surface area contributed by atoms with Gasteiger partial charge < -0.3 is 19.5 Å². The fourth-order valence-corrected chi connectivity index (χ4v) is 6.13. The number of hydrogen-bond acceptors (Lipinski definition) is 5. The highest BCUT2D eigenvalue weighted by Gasteiger charge is 2.27. The number of benzene rings is 2. The third-order valence-electron chi connectivity index (χ3n) is 6.11. The summed E-state index contributed by atoms with van der Waals surface area (Å²) in [5, 5.41) is 3.70. The molecule has 10 heteroatoms. The molecule has 2 aromatic carbocycles. The van der Waals surface area contributed by atoms with Crippen LogP contribution in [0.5, 0.6) is 0 Å². The molecule has 1 saturated heterocycles. The van der Waals surface area contributed by atoms with E-state index in [0.717, 1.165) is 18.5 Å². The molecule has 0 unspecified atom stereocenters. The molecular formula is C27H33FN4O3S2. The van der Waals surface area contributed by atoms with Crippen molar-refractivity contribution < 1.29 is 17.5 Å². The predicted octanol–water partition coefficient (Wildman–Crippen LogP) is 5.03. The third kappa shape index (κ3) is 7.37. The lowest BCUT2D eigenvalue weighted by molar-refractivity contribution is 0.0900. The van der Waals surface area contributed by atoms with Crippen molar-refractivity contribution in [2.45, 2.75) is 56.8 Å². The minimum absolute atomic E-state index is 0.0238.